The number of unbranched alkanes of at least 4 members (excludes halogenated alkanes) is 2. The third-order valence-electron chi connectivity index (χ3n) is 3.58. The number of anilines is 1. The smallest absolute Gasteiger partial charge is 0.251 e. The SMILES string of the molecule is CCCCN(CCCC)c1cc(C(N)=O)c(N=O)cc1C. The van der Waals surface area contributed by atoms with Crippen LogP contribution >= 0.6 is 0 Å². The fourth-order valence-corrected chi connectivity index (χ4v) is 2.35. The van der Waals surface area contributed by atoms with Crippen molar-refractivity contribution in [2.75, 3.05) is 18.0 Å². The van der Waals surface area contributed by atoms with E-state index in [1.54, 1.807) is 12.1 Å². The van der Waals surface area contributed by atoms with E-state index in [1.807, 2.05) is 6.92 Å². The van der Waals surface area contributed by atoms with Gasteiger partial charge in [-0.15, -0.1) is 4.91 Å². The molecule has 0 saturated heterocycles. The molecular weight excluding hydrogens is 266 g/mol. The molecule has 0 aliphatic carbocycles. The third kappa shape index (κ3) is 4.55. The minimum absolute atomic E-state index is 0.120. The second-order valence-corrected chi connectivity index (χ2v) is 5.31. The van der Waals surface area contributed by atoms with Crippen LogP contribution < -0.4 is 10.6 Å². The van der Waals surface area contributed by atoms with E-state index in [9.17, 15) is 9.70 Å². The van der Waals surface area contributed by atoms with Gasteiger partial charge in [0.25, 0.3) is 5.91 Å². The Kier molecular flexibility index (Phi) is 6.85. The number of nitroso groups, excluding NO2 is 1. The van der Waals surface area contributed by atoms with Crippen LogP contribution in [0.1, 0.15) is 55.5 Å². The van der Waals surface area contributed by atoms with Crippen molar-refractivity contribution in [3.05, 3.63) is 28.2 Å². The summed E-state index contributed by atoms with van der Waals surface area (Å²) >= 11 is 0. The standard InChI is InChI=1S/C16H25N3O2/c1-4-6-8-19(9-7-5-2)15-11-13(16(17)20)14(18-21)10-12(15)3/h10-11H,4-9H2,1-3H3,(H2,17,20). The molecule has 0 bridgehead atoms. The van der Waals surface area contributed by atoms with Gasteiger partial charge < -0.3 is 10.6 Å². The summed E-state index contributed by atoms with van der Waals surface area (Å²) in [6, 6.07) is 3.35. The molecule has 0 aliphatic rings. The Bertz CT molecular complexity index is 493. The molecule has 5 nitrogen and oxygen atoms in total. The van der Waals surface area contributed by atoms with Gasteiger partial charge in [-0.2, -0.15) is 0 Å². The van der Waals surface area contributed by atoms with Gasteiger partial charge >= 0.3 is 0 Å². The van der Waals surface area contributed by atoms with Crippen LogP contribution in [0.3, 0.4) is 0 Å². The number of nitrogens with two attached hydrogens (primary N) is 1. The molecule has 1 aromatic carbocycles. The molecule has 116 valence electrons. The number of hydrogen-bond donors (Lipinski definition) is 1. The summed E-state index contributed by atoms with van der Waals surface area (Å²) in [5, 5.41) is 2.91. The highest BCUT2D eigenvalue weighted by Crippen LogP contribution is 2.30. The summed E-state index contributed by atoms with van der Waals surface area (Å²) < 4.78 is 0. The number of rotatable bonds is 9. The Morgan fingerprint density at radius 2 is 1.76 bits per heavy atom. The second-order valence-electron chi connectivity index (χ2n) is 5.31. The van der Waals surface area contributed by atoms with Crippen molar-refractivity contribution in [3.63, 3.8) is 0 Å². The summed E-state index contributed by atoms with van der Waals surface area (Å²) in [6.45, 7) is 8.10. The molecule has 5 heteroatoms. The van der Waals surface area contributed by atoms with Crippen LogP contribution in [-0.4, -0.2) is 19.0 Å². The molecule has 0 aromatic heterocycles. The Labute approximate surface area is 126 Å². The first-order valence-electron chi connectivity index (χ1n) is 7.57. The maximum Gasteiger partial charge on any atom is 0.251 e. The third-order valence-corrected chi connectivity index (χ3v) is 3.58. The lowest BCUT2D eigenvalue weighted by molar-refractivity contribution is 0.100. The maximum atomic E-state index is 11.5. The first-order valence-corrected chi connectivity index (χ1v) is 7.57. The van der Waals surface area contributed by atoms with Gasteiger partial charge in [-0.25, -0.2) is 0 Å². The van der Waals surface area contributed by atoms with Gasteiger partial charge in [-0.05, 0) is 42.6 Å². The van der Waals surface area contributed by atoms with Gasteiger partial charge in [0.1, 0.15) is 5.69 Å². The molecule has 21 heavy (non-hydrogen) atoms. The van der Waals surface area contributed by atoms with Crippen LogP contribution in [-0.2, 0) is 0 Å². The van der Waals surface area contributed by atoms with Crippen LogP contribution in [0, 0.1) is 11.8 Å². The van der Waals surface area contributed by atoms with E-state index in [0.29, 0.717) is 0 Å². The molecular formula is C16H25N3O2. The van der Waals surface area contributed by atoms with Crippen LogP contribution in [0.2, 0.25) is 0 Å². The van der Waals surface area contributed by atoms with Gasteiger partial charge in [0.15, 0.2) is 0 Å². The molecule has 0 unspecified atom stereocenters. The predicted octanol–water partition coefficient (Wildman–Crippen LogP) is 3.90. The Balaban J connectivity index is 3.19. The predicted molar refractivity (Wildman–Crippen MR) is 87.2 cm³/mol. The van der Waals surface area contributed by atoms with E-state index in [4.69, 9.17) is 5.73 Å². The van der Waals surface area contributed by atoms with Gasteiger partial charge in [-0.1, -0.05) is 26.7 Å². The zero-order chi connectivity index (χ0) is 15.8. The number of hydrogen-bond acceptors (Lipinski definition) is 4. The lowest BCUT2D eigenvalue weighted by atomic mass is 10.1. The minimum atomic E-state index is -0.614. The minimum Gasteiger partial charge on any atom is -0.371 e. The molecule has 0 aliphatic heterocycles. The average molecular weight is 291 g/mol. The number of nitrogens with zero attached hydrogens (tertiary/aromatic N) is 2. The fraction of sp³-hybridized carbons (Fsp3) is 0.562. The summed E-state index contributed by atoms with van der Waals surface area (Å²) in [7, 11) is 0. The molecule has 1 amide bonds. The van der Waals surface area contributed by atoms with Crippen molar-refractivity contribution in [2.24, 2.45) is 10.9 Å². The lowest BCUT2D eigenvalue weighted by Gasteiger charge is -2.27. The van der Waals surface area contributed by atoms with Gasteiger partial charge in [0, 0.05) is 18.8 Å². The topological polar surface area (TPSA) is 75.8 Å². The lowest BCUT2D eigenvalue weighted by Crippen LogP contribution is -2.27. The normalized spacial score (nSPS) is 10.4. The van der Waals surface area contributed by atoms with Crippen molar-refractivity contribution in [1.29, 1.82) is 0 Å². The van der Waals surface area contributed by atoms with Gasteiger partial charge in [0.2, 0.25) is 0 Å². The number of primary amides is 1. The molecule has 1 rings (SSSR count). The monoisotopic (exact) mass is 291 g/mol. The number of carbonyl (C=O) groups excluding carboxylic acids is 1. The largest absolute Gasteiger partial charge is 0.371 e. The molecule has 0 fully saturated rings. The number of amides is 1. The maximum absolute atomic E-state index is 11.5. The van der Waals surface area contributed by atoms with E-state index < -0.39 is 5.91 Å². The van der Waals surface area contributed by atoms with Gasteiger partial charge in [0.05, 0.1) is 5.56 Å². The summed E-state index contributed by atoms with van der Waals surface area (Å²) in [6.07, 6.45) is 4.39. The highest BCUT2D eigenvalue weighted by atomic mass is 16.3. The highest BCUT2D eigenvalue weighted by Gasteiger charge is 2.16. The van der Waals surface area contributed by atoms with E-state index in [-0.39, 0.29) is 11.3 Å². The molecule has 0 saturated carbocycles. The fourth-order valence-electron chi connectivity index (χ4n) is 2.35. The number of benzene rings is 1. The quantitative estimate of drug-likeness (QED) is 0.701. The molecule has 2 N–H and O–H groups in total. The Hall–Kier alpha value is -1.91. The van der Waals surface area contributed by atoms with Crippen LogP contribution in [0.5, 0.6) is 0 Å². The first-order chi connectivity index (χ1) is 10.0. The van der Waals surface area contributed by atoms with Crippen LogP contribution in [0.15, 0.2) is 17.3 Å². The van der Waals surface area contributed by atoms with Crippen LogP contribution in [0.25, 0.3) is 0 Å². The number of carbonyl (C=O) groups is 1. The molecule has 0 heterocycles. The van der Waals surface area contributed by atoms with Crippen LogP contribution in [0.4, 0.5) is 11.4 Å². The zero-order valence-corrected chi connectivity index (χ0v) is 13.2. The summed E-state index contributed by atoms with van der Waals surface area (Å²) in [5.74, 6) is -0.614. The Morgan fingerprint density at radius 3 is 2.19 bits per heavy atom. The molecule has 1 aromatic rings. The molecule has 0 radical (unpaired) electrons. The molecule has 0 atom stereocenters. The Morgan fingerprint density at radius 1 is 1.19 bits per heavy atom. The van der Waals surface area contributed by atoms with Crippen molar-refractivity contribution in [3.8, 4) is 0 Å². The highest BCUT2D eigenvalue weighted by molar-refractivity contribution is 5.99. The van der Waals surface area contributed by atoms with Gasteiger partial charge in [-0.3, -0.25) is 4.79 Å². The van der Waals surface area contributed by atoms with Crippen molar-refractivity contribution < 1.29 is 4.79 Å². The summed E-state index contributed by atoms with van der Waals surface area (Å²) in [5.41, 5.74) is 7.59. The van der Waals surface area contributed by atoms with Crippen molar-refractivity contribution in [1.82, 2.24) is 0 Å². The van der Waals surface area contributed by atoms with Crippen molar-refractivity contribution >= 4 is 17.3 Å². The zero-order valence-electron chi connectivity index (χ0n) is 13.2. The first kappa shape index (κ1) is 17.1. The van der Waals surface area contributed by atoms with E-state index in [0.717, 1.165) is 50.0 Å². The average Bonchev–Trinajstić information content (AvgIpc) is 2.47. The second kappa shape index (κ2) is 8.39. The summed E-state index contributed by atoms with van der Waals surface area (Å²) in [4.78, 5) is 24.6. The van der Waals surface area contributed by atoms with E-state index in [1.165, 1.54) is 0 Å². The van der Waals surface area contributed by atoms with E-state index in [2.05, 4.69) is 23.9 Å². The molecule has 0 spiro atoms. The van der Waals surface area contributed by atoms with E-state index >= 15 is 0 Å². The number of aryl methyl sites for hydroxylation is 1. The van der Waals surface area contributed by atoms with Crippen molar-refractivity contribution in [2.45, 2.75) is 46.5 Å².